The molecule has 1 heterocycles. The van der Waals surface area contributed by atoms with Gasteiger partial charge in [-0.3, -0.25) is 14.5 Å². The third-order valence-corrected chi connectivity index (χ3v) is 3.25. The third kappa shape index (κ3) is 2.59. The Morgan fingerprint density at radius 3 is 2.61 bits per heavy atom. The molecule has 1 aromatic rings. The molecule has 18 heavy (non-hydrogen) atoms. The average Bonchev–Trinajstić information content (AvgIpc) is 2.63. The average molecular weight is 246 g/mol. The first-order valence-electron chi connectivity index (χ1n) is 6.24. The van der Waals surface area contributed by atoms with Gasteiger partial charge in [-0.1, -0.05) is 30.3 Å². The van der Waals surface area contributed by atoms with E-state index in [1.807, 2.05) is 37.3 Å². The number of carbonyl (C=O) groups is 2. The Morgan fingerprint density at radius 2 is 2.00 bits per heavy atom. The van der Waals surface area contributed by atoms with Crippen molar-refractivity contribution in [2.75, 3.05) is 6.54 Å². The Labute approximate surface area is 107 Å². The number of carbonyl (C=O) groups excluding carboxylic acids is 2. The minimum atomic E-state index is -0.313. The van der Waals surface area contributed by atoms with Crippen LogP contribution in [0, 0.1) is 0 Å². The monoisotopic (exact) mass is 246 g/mol. The molecular weight excluding hydrogens is 228 g/mol. The lowest BCUT2D eigenvalue weighted by molar-refractivity contribution is -0.138. The van der Waals surface area contributed by atoms with Crippen LogP contribution in [0.15, 0.2) is 30.3 Å². The minimum absolute atomic E-state index is 0.00127. The first-order valence-corrected chi connectivity index (χ1v) is 6.24. The van der Waals surface area contributed by atoms with Crippen molar-refractivity contribution in [1.29, 1.82) is 0 Å². The van der Waals surface area contributed by atoms with Crippen molar-refractivity contribution in [2.45, 2.75) is 31.7 Å². The molecule has 0 aromatic heterocycles. The van der Waals surface area contributed by atoms with Crippen LogP contribution in [-0.4, -0.2) is 29.3 Å². The second-order valence-corrected chi connectivity index (χ2v) is 4.82. The fourth-order valence-corrected chi connectivity index (χ4v) is 2.20. The van der Waals surface area contributed by atoms with Crippen LogP contribution in [0.25, 0.3) is 0 Å². The Hall–Kier alpha value is -1.68. The number of benzene rings is 1. The molecule has 1 fully saturated rings. The van der Waals surface area contributed by atoms with Gasteiger partial charge in [0.15, 0.2) is 0 Å². The van der Waals surface area contributed by atoms with Gasteiger partial charge in [0.25, 0.3) is 0 Å². The highest BCUT2D eigenvalue weighted by Gasteiger charge is 2.38. The lowest BCUT2D eigenvalue weighted by Crippen LogP contribution is -2.34. The van der Waals surface area contributed by atoms with Crippen molar-refractivity contribution in [3.05, 3.63) is 35.9 Å². The molecule has 0 spiro atoms. The second-order valence-electron chi connectivity index (χ2n) is 4.82. The summed E-state index contributed by atoms with van der Waals surface area (Å²) in [6.45, 7) is 2.30. The molecule has 2 unspecified atom stereocenters. The summed E-state index contributed by atoms with van der Waals surface area (Å²) in [4.78, 5) is 25.4. The summed E-state index contributed by atoms with van der Waals surface area (Å²) in [5.41, 5.74) is 6.57. The van der Waals surface area contributed by atoms with Crippen molar-refractivity contribution in [3.8, 4) is 0 Å². The zero-order chi connectivity index (χ0) is 13.1. The van der Waals surface area contributed by atoms with Crippen LogP contribution in [0.5, 0.6) is 0 Å². The maximum Gasteiger partial charge on any atom is 0.237 e. The smallest absolute Gasteiger partial charge is 0.237 e. The summed E-state index contributed by atoms with van der Waals surface area (Å²) in [5, 5.41) is 0. The van der Waals surface area contributed by atoms with Crippen LogP contribution in [0.2, 0.25) is 0 Å². The van der Waals surface area contributed by atoms with Gasteiger partial charge in [-0.15, -0.1) is 0 Å². The zero-order valence-electron chi connectivity index (χ0n) is 10.5. The number of nitrogens with two attached hydrogens (primary N) is 1. The molecule has 96 valence electrons. The van der Waals surface area contributed by atoms with Gasteiger partial charge in [0.1, 0.15) is 0 Å². The van der Waals surface area contributed by atoms with Gasteiger partial charge in [0.2, 0.25) is 11.8 Å². The Bertz CT molecular complexity index is 442. The van der Waals surface area contributed by atoms with Gasteiger partial charge in [0.05, 0.1) is 5.92 Å². The van der Waals surface area contributed by atoms with Crippen LogP contribution in [-0.2, 0) is 9.59 Å². The van der Waals surface area contributed by atoms with E-state index in [-0.39, 0.29) is 30.2 Å². The molecule has 1 aliphatic rings. The molecule has 4 heteroatoms. The normalized spacial score (nSPS) is 21.4. The van der Waals surface area contributed by atoms with E-state index in [9.17, 15) is 9.59 Å². The highest BCUT2D eigenvalue weighted by molar-refractivity contribution is 6.06. The van der Waals surface area contributed by atoms with Gasteiger partial charge in [-0.25, -0.2) is 0 Å². The molecule has 4 nitrogen and oxygen atoms in total. The van der Waals surface area contributed by atoms with Gasteiger partial charge < -0.3 is 5.73 Å². The SMILES string of the molecule is CC(N)CCN1C(=O)CC(c2ccccc2)C1=O. The van der Waals surface area contributed by atoms with E-state index in [4.69, 9.17) is 5.73 Å². The molecule has 0 radical (unpaired) electrons. The van der Waals surface area contributed by atoms with E-state index in [2.05, 4.69) is 0 Å². The number of rotatable bonds is 4. The van der Waals surface area contributed by atoms with Gasteiger partial charge >= 0.3 is 0 Å². The first kappa shape index (κ1) is 12.8. The molecule has 2 atom stereocenters. The van der Waals surface area contributed by atoms with Crippen LogP contribution < -0.4 is 5.73 Å². The van der Waals surface area contributed by atoms with Crippen LogP contribution in [0.4, 0.5) is 0 Å². The lowest BCUT2D eigenvalue weighted by Gasteiger charge is -2.16. The number of hydrogen-bond acceptors (Lipinski definition) is 3. The Morgan fingerprint density at radius 1 is 1.33 bits per heavy atom. The van der Waals surface area contributed by atoms with Crippen LogP contribution >= 0.6 is 0 Å². The quantitative estimate of drug-likeness (QED) is 0.814. The van der Waals surface area contributed by atoms with E-state index in [1.165, 1.54) is 4.90 Å². The molecule has 0 aliphatic carbocycles. The second kappa shape index (κ2) is 5.31. The molecule has 1 aromatic carbocycles. The number of nitrogens with zero attached hydrogens (tertiary/aromatic N) is 1. The highest BCUT2D eigenvalue weighted by atomic mass is 16.2. The third-order valence-electron chi connectivity index (χ3n) is 3.25. The molecular formula is C14H18N2O2. The Kier molecular flexibility index (Phi) is 3.77. The van der Waals surface area contributed by atoms with E-state index in [1.54, 1.807) is 0 Å². The van der Waals surface area contributed by atoms with Gasteiger partial charge in [-0.05, 0) is 18.9 Å². The number of hydrogen-bond donors (Lipinski definition) is 1. The van der Waals surface area contributed by atoms with E-state index >= 15 is 0 Å². The largest absolute Gasteiger partial charge is 0.328 e. The van der Waals surface area contributed by atoms with E-state index < -0.39 is 0 Å². The number of amides is 2. The molecule has 2 amide bonds. The van der Waals surface area contributed by atoms with E-state index in [0.29, 0.717) is 13.0 Å². The molecule has 0 bridgehead atoms. The predicted octanol–water partition coefficient (Wildman–Crippen LogP) is 1.27. The Balaban J connectivity index is 2.09. The first-order chi connectivity index (χ1) is 8.59. The van der Waals surface area contributed by atoms with Crippen LogP contribution in [0.3, 0.4) is 0 Å². The van der Waals surface area contributed by atoms with Crippen molar-refractivity contribution >= 4 is 11.8 Å². The molecule has 2 N–H and O–H groups in total. The number of likely N-dealkylation sites (tertiary alicyclic amines) is 1. The zero-order valence-corrected chi connectivity index (χ0v) is 10.5. The van der Waals surface area contributed by atoms with Crippen molar-refractivity contribution < 1.29 is 9.59 Å². The minimum Gasteiger partial charge on any atom is -0.328 e. The standard InChI is InChI=1S/C14H18N2O2/c1-10(15)7-8-16-13(17)9-12(14(16)18)11-5-3-2-4-6-11/h2-6,10,12H,7-9,15H2,1H3. The van der Waals surface area contributed by atoms with Crippen molar-refractivity contribution in [2.24, 2.45) is 5.73 Å². The summed E-state index contributed by atoms with van der Waals surface area (Å²) >= 11 is 0. The summed E-state index contributed by atoms with van der Waals surface area (Å²) in [6, 6.07) is 9.46. The maximum absolute atomic E-state index is 12.2. The van der Waals surface area contributed by atoms with Gasteiger partial charge in [0, 0.05) is 19.0 Å². The summed E-state index contributed by atoms with van der Waals surface area (Å²) in [5.74, 6) is -0.492. The molecule has 1 aliphatic heterocycles. The highest BCUT2D eigenvalue weighted by Crippen LogP contribution is 2.29. The molecule has 2 rings (SSSR count). The lowest BCUT2D eigenvalue weighted by atomic mass is 9.98. The van der Waals surface area contributed by atoms with Crippen LogP contribution in [0.1, 0.15) is 31.2 Å². The fraction of sp³-hybridized carbons (Fsp3) is 0.429. The summed E-state index contributed by atoms with van der Waals surface area (Å²) in [7, 11) is 0. The fourth-order valence-electron chi connectivity index (χ4n) is 2.20. The van der Waals surface area contributed by atoms with E-state index in [0.717, 1.165) is 5.56 Å². The summed E-state index contributed by atoms with van der Waals surface area (Å²) < 4.78 is 0. The topological polar surface area (TPSA) is 63.4 Å². The molecule has 1 saturated heterocycles. The summed E-state index contributed by atoms with van der Waals surface area (Å²) in [6.07, 6.45) is 0.931. The maximum atomic E-state index is 12.2. The number of imide groups is 1. The van der Waals surface area contributed by atoms with Gasteiger partial charge in [-0.2, -0.15) is 0 Å². The van der Waals surface area contributed by atoms with Crippen molar-refractivity contribution in [3.63, 3.8) is 0 Å². The predicted molar refractivity (Wildman–Crippen MR) is 68.8 cm³/mol. The molecule has 0 saturated carbocycles. The van der Waals surface area contributed by atoms with Crippen molar-refractivity contribution in [1.82, 2.24) is 4.90 Å².